The van der Waals surface area contributed by atoms with E-state index in [2.05, 4.69) is 20.9 Å². The number of rotatable bonds is 23. The molecule has 0 radical (unpaired) electrons. The molecule has 6 N–H and O–H groups in total. The molecule has 0 bridgehead atoms. The molecule has 43 heavy (non-hydrogen) atoms. The number of aromatic amines is 1. The van der Waals surface area contributed by atoms with Gasteiger partial charge in [-0.3, -0.25) is 4.79 Å². The fourth-order valence-electron chi connectivity index (χ4n) is 5.04. The van der Waals surface area contributed by atoms with Gasteiger partial charge >= 0.3 is 17.1 Å². The van der Waals surface area contributed by atoms with E-state index < -0.39 is 0 Å². The number of nitrogens with two attached hydrogens (primary N) is 1. The summed E-state index contributed by atoms with van der Waals surface area (Å²) in [5.41, 5.74) is 6.28. The Kier molecular flexibility index (Phi) is 33.2. The van der Waals surface area contributed by atoms with Crippen molar-refractivity contribution in [3.8, 4) is 0 Å². The van der Waals surface area contributed by atoms with Crippen LogP contribution in [0.5, 0.6) is 0 Å². The normalized spacial score (nSPS) is 14.7. The van der Waals surface area contributed by atoms with Crippen LogP contribution in [0.1, 0.15) is 56.9 Å². The summed E-state index contributed by atoms with van der Waals surface area (Å²) in [4.78, 5) is 14.6. The number of amides is 1. The molecule has 0 spiro atoms. The van der Waals surface area contributed by atoms with E-state index >= 15 is 0 Å². The van der Waals surface area contributed by atoms with Crippen molar-refractivity contribution in [1.29, 1.82) is 0 Å². The predicted molar refractivity (Wildman–Crippen MR) is 172 cm³/mol. The summed E-state index contributed by atoms with van der Waals surface area (Å²) in [6.07, 6.45) is 15.2. The minimum Gasteiger partial charge on any atom is -0.378 e. The zero-order valence-corrected chi connectivity index (χ0v) is 28.2. The van der Waals surface area contributed by atoms with Crippen molar-refractivity contribution >= 4 is 5.91 Å². The van der Waals surface area contributed by atoms with Crippen LogP contribution in [0.4, 0.5) is 0 Å². The summed E-state index contributed by atoms with van der Waals surface area (Å²) in [5, 5.41) is 9.73. The van der Waals surface area contributed by atoms with Gasteiger partial charge in [0.15, 0.2) is 0 Å². The van der Waals surface area contributed by atoms with E-state index in [4.69, 9.17) is 24.7 Å². The average Bonchev–Trinajstić information content (AvgIpc) is 3.76. The fourth-order valence-corrected chi connectivity index (χ4v) is 5.04. The number of nitrogens with one attached hydrogen (secondary N) is 4. The van der Waals surface area contributed by atoms with Gasteiger partial charge in [0.25, 0.3) is 0 Å². The van der Waals surface area contributed by atoms with Gasteiger partial charge in [0, 0.05) is 38.6 Å². The van der Waals surface area contributed by atoms with Gasteiger partial charge in [-0.05, 0) is 62.2 Å². The monoisotopic (exact) mass is 653 g/mol. The predicted octanol–water partition coefficient (Wildman–Crippen LogP) is 3.14. The molecule has 254 valence electrons. The topological polar surface area (TPSA) is 132 Å². The first kappa shape index (κ1) is 44.1. The standard InChI is InChI=1S/C18H31N3O3.C12H26N2O2.2CH3.Fe/c22-18(13-17-5-6-19-15-17)21-8-10-24-12-11-23-9-7-20-14-16-3-1-2-4-16;13-5-7-15-9-10-16-8-6-14-11-12-3-1-2-4-12;;;/h5-6,15-16,19-20H,1-4,7-14H2,(H,21,22);12,14H,1-11,13H2;2*1H3;/q;;2*-1;+2. The Hall–Kier alpha value is -1.01. The molecule has 0 unspecified atom stereocenters. The van der Waals surface area contributed by atoms with Crippen LogP contribution < -0.4 is 21.7 Å². The van der Waals surface area contributed by atoms with E-state index in [0.717, 1.165) is 56.8 Å². The summed E-state index contributed by atoms with van der Waals surface area (Å²) < 4.78 is 21.6. The van der Waals surface area contributed by atoms with Crippen molar-refractivity contribution in [3.05, 3.63) is 38.9 Å². The van der Waals surface area contributed by atoms with Gasteiger partial charge in [-0.25, -0.2) is 0 Å². The molecule has 0 aliphatic heterocycles. The molecule has 2 aliphatic rings. The Morgan fingerprint density at radius 2 is 1.21 bits per heavy atom. The number of H-pyrrole nitrogens is 1. The molecule has 1 amide bonds. The molecule has 1 aromatic rings. The summed E-state index contributed by atoms with van der Waals surface area (Å²) in [5.74, 6) is 1.80. The van der Waals surface area contributed by atoms with Gasteiger partial charge in [0.2, 0.25) is 5.91 Å². The van der Waals surface area contributed by atoms with Gasteiger partial charge in [-0.15, -0.1) is 0 Å². The third kappa shape index (κ3) is 26.0. The molecular weight excluding hydrogens is 590 g/mol. The SMILES string of the molecule is NCCOCCOCCNCC1CCCC1.O=C(Cc1cc[nH]c1)NCCOCCOCCNCC1CCCC1.[CH3-].[CH3-].[Fe+2]. The Bertz CT molecular complexity index is 690. The first-order valence-electron chi connectivity index (χ1n) is 15.6. The molecule has 1 heterocycles. The third-order valence-corrected chi connectivity index (χ3v) is 7.26. The second-order valence-electron chi connectivity index (χ2n) is 10.7. The van der Waals surface area contributed by atoms with E-state index in [-0.39, 0.29) is 37.8 Å². The number of carbonyl (C=O) groups is 1. The van der Waals surface area contributed by atoms with E-state index in [1.165, 1.54) is 51.4 Å². The van der Waals surface area contributed by atoms with Crippen LogP contribution in [0.2, 0.25) is 0 Å². The van der Waals surface area contributed by atoms with Crippen LogP contribution in [-0.2, 0) is 47.2 Å². The number of aromatic nitrogens is 1. The van der Waals surface area contributed by atoms with Gasteiger partial charge in [0.1, 0.15) is 0 Å². The van der Waals surface area contributed by atoms with E-state index in [9.17, 15) is 4.79 Å². The minimum atomic E-state index is 0. The van der Waals surface area contributed by atoms with Crippen LogP contribution in [0.3, 0.4) is 0 Å². The quantitative estimate of drug-likeness (QED) is 0.0692. The van der Waals surface area contributed by atoms with Crippen molar-refractivity contribution < 1.29 is 40.8 Å². The molecule has 1 aromatic heterocycles. The molecule has 0 aromatic carbocycles. The Balaban J connectivity index is 0. The van der Waals surface area contributed by atoms with Gasteiger partial charge < -0.3 is 60.5 Å². The average molecular weight is 654 g/mol. The number of hydrogen-bond donors (Lipinski definition) is 5. The molecule has 2 saturated carbocycles. The van der Waals surface area contributed by atoms with Crippen molar-refractivity contribution in [2.75, 3.05) is 92.1 Å². The first-order chi connectivity index (χ1) is 19.8. The number of carbonyl (C=O) groups excluding carboxylic acids is 1. The van der Waals surface area contributed by atoms with Crippen molar-refractivity contribution in [2.45, 2.75) is 57.8 Å². The second kappa shape index (κ2) is 32.4. The summed E-state index contributed by atoms with van der Waals surface area (Å²) in [7, 11) is 0. The maximum absolute atomic E-state index is 11.6. The van der Waals surface area contributed by atoms with Crippen LogP contribution >= 0.6 is 0 Å². The van der Waals surface area contributed by atoms with E-state index in [1.54, 1.807) is 0 Å². The van der Waals surface area contributed by atoms with Crippen LogP contribution in [0.15, 0.2) is 18.5 Å². The summed E-state index contributed by atoms with van der Waals surface area (Å²) in [6, 6.07) is 1.90. The van der Waals surface area contributed by atoms with E-state index in [1.807, 2.05) is 18.5 Å². The maximum atomic E-state index is 11.6. The minimum absolute atomic E-state index is 0. The Morgan fingerprint density at radius 3 is 1.65 bits per heavy atom. The molecule has 2 aliphatic carbocycles. The van der Waals surface area contributed by atoms with Gasteiger partial charge in [0.05, 0.1) is 59.3 Å². The van der Waals surface area contributed by atoms with Gasteiger partial charge in [-0.1, -0.05) is 25.7 Å². The zero-order valence-electron chi connectivity index (χ0n) is 27.1. The van der Waals surface area contributed by atoms with Crippen molar-refractivity contribution in [1.82, 2.24) is 20.9 Å². The molecule has 0 atom stereocenters. The fraction of sp³-hybridized carbons (Fsp3) is 0.781. The maximum Gasteiger partial charge on any atom is 2.00 e. The molecule has 0 saturated heterocycles. The zero-order chi connectivity index (χ0) is 28.4. The first-order valence-corrected chi connectivity index (χ1v) is 15.6. The molecule has 2 fully saturated rings. The van der Waals surface area contributed by atoms with Crippen LogP contribution in [-0.4, -0.2) is 103 Å². The van der Waals surface area contributed by atoms with Crippen LogP contribution in [0.25, 0.3) is 0 Å². The second-order valence-corrected chi connectivity index (χ2v) is 10.7. The largest absolute Gasteiger partial charge is 2.00 e. The summed E-state index contributed by atoms with van der Waals surface area (Å²) >= 11 is 0. The molecule has 11 heteroatoms. The summed E-state index contributed by atoms with van der Waals surface area (Å²) in [6.45, 7) is 10.4. The third-order valence-electron chi connectivity index (χ3n) is 7.26. The smallest absolute Gasteiger partial charge is 0.378 e. The van der Waals surface area contributed by atoms with E-state index in [0.29, 0.717) is 59.2 Å². The molecular formula is C32H63FeN5O5. The number of ether oxygens (including phenoxy) is 4. The molecule has 3 rings (SSSR count). The number of hydrogen-bond acceptors (Lipinski definition) is 8. The molecule has 10 nitrogen and oxygen atoms in total. The van der Waals surface area contributed by atoms with Crippen molar-refractivity contribution in [2.24, 2.45) is 17.6 Å². The Morgan fingerprint density at radius 1 is 0.744 bits per heavy atom. The Labute approximate surface area is 273 Å². The van der Waals surface area contributed by atoms with Crippen LogP contribution in [0, 0.1) is 26.7 Å². The van der Waals surface area contributed by atoms with Crippen molar-refractivity contribution in [3.63, 3.8) is 0 Å². The van der Waals surface area contributed by atoms with Gasteiger partial charge in [-0.2, -0.15) is 0 Å².